The number of hydrogen-bond acceptors (Lipinski definition) is 5. The zero-order valence-electron chi connectivity index (χ0n) is 17.2. The largest absolute Gasteiger partial charge is 0.486 e. The van der Waals surface area contributed by atoms with Crippen LogP contribution in [-0.2, 0) is 23.9 Å². The van der Waals surface area contributed by atoms with E-state index >= 15 is 0 Å². The fourth-order valence-electron chi connectivity index (χ4n) is 3.27. The number of hydrogen-bond donors (Lipinski definition) is 1. The van der Waals surface area contributed by atoms with Crippen molar-refractivity contribution in [1.29, 1.82) is 0 Å². The number of rotatable bonds is 7. The Balaban J connectivity index is 1.49. The van der Waals surface area contributed by atoms with Gasteiger partial charge in [0.15, 0.2) is 11.0 Å². The van der Waals surface area contributed by atoms with E-state index in [0.717, 1.165) is 29.6 Å². The smallest absolute Gasteiger partial charge is 0.230 e. The molecule has 1 aromatic carbocycles. The molecule has 1 N–H and O–H groups in total. The second kappa shape index (κ2) is 8.99. The zero-order valence-corrected chi connectivity index (χ0v) is 18.0. The van der Waals surface area contributed by atoms with Crippen molar-refractivity contribution >= 4 is 17.7 Å². The second-order valence-corrected chi connectivity index (χ2v) is 9.30. The van der Waals surface area contributed by atoms with Gasteiger partial charge in [0.2, 0.25) is 5.91 Å². The van der Waals surface area contributed by atoms with E-state index in [0.29, 0.717) is 18.4 Å². The Bertz CT molecular complexity index is 790. The lowest BCUT2D eigenvalue weighted by molar-refractivity contribution is -0.119. The molecule has 7 heteroatoms. The number of nitrogens with one attached hydrogen (secondary N) is 1. The monoisotopic (exact) mass is 402 g/mol. The van der Waals surface area contributed by atoms with Crippen molar-refractivity contribution < 1.29 is 9.53 Å². The molecule has 6 nitrogen and oxygen atoms in total. The Labute approximate surface area is 171 Å². The van der Waals surface area contributed by atoms with Crippen molar-refractivity contribution in [1.82, 2.24) is 20.1 Å². The molecule has 1 aliphatic carbocycles. The van der Waals surface area contributed by atoms with Crippen LogP contribution in [0.5, 0.6) is 5.75 Å². The van der Waals surface area contributed by atoms with Gasteiger partial charge in [0.05, 0.1) is 5.75 Å². The van der Waals surface area contributed by atoms with E-state index in [1.54, 1.807) is 0 Å². The summed E-state index contributed by atoms with van der Waals surface area (Å²) in [5, 5.41) is 12.2. The van der Waals surface area contributed by atoms with E-state index in [2.05, 4.69) is 48.4 Å². The zero-order chi connectivity index (χ0) is 20.1. The van der Waals surface area contributed by atoms with Gasteiger partial charge in [-0.05, 0) is 36.0 Å². The molecular weight excluding hydrogens is 372 g/mol. The van der Waals surface area contributed by atoms with E-state index in [1.807, 2.05) is 23.7 Å². The molecule has 0 bridgehead atoms. The SMILES string of the molecule is Cn1c(COc2ccc(C(C)(C)C)cc2)nnc1SCC(=O)NC1CCCC1. The molecule has 1 saturated carbocycles. The molecule has 1 heterocycles. The van der Waals surface area contributed by atoms with Crippen molar-refractivity contribution in [3.8, 4) is 5.75 Å². The van der Waals surface area contributed by atoms with Crippen molar-refractivity contribution in [3.63, 3.8) is 0 Å². The highest BCUT2D eigenvalue weighted by atomic mass is 32.2. The summed E-state index contributed by atoms with van der Waals surface area (Å²) in [5.74, 6) is 1.97. The lowest BCUT2D eigenvalue weighted by Gasteiger charge is -2.19. The minimum Gasteiger partial charge on any atom is -0.486 e. The molecular formula is C21H30N4O2S. The molecule has 0 atom stereocenters. The Morgan fingerprint density at radius 1 is 1.21 bits per heavy atom. The number of ether oxygens (including phenoxy) is 1. The number of amides is 1. The maximum absolute atomic E-state index is 12.1. The molecule has 0 spiro atoms. The normalized spacial score (nSPS) is 15.0. The lowest BCUT2D eigenvalue weighted by Crippen LogP contribution is -2.33. The van der Waals surface area contributed by atoms with Gasteiger partial charge >= 0.3 is 0 Å². The quantitative estimate of drug-likeness (QED) is 0.713. The van der Waals surface area contributed by atoms with Gasteiger partial charge in [0.1, 0.15) is 12.4 Å². The highest BCUT2D eigenvalue weighted by Gasteiger charge is 2.18. The third kappa shape index (κ3) is 5.50. The van der Waals surface area contributed by atoms with Crippen LogP contribution in [0.15, 0.2) is 29.4 Å². The minimum absolute atomic E-state index is 0.0663. The molecule has 152 valence electrons. The Hall–Kier alpha value is -2.02. The van der Waals surface area contributed by atoms with E-state index in [9.17, 15) is 4.79 Å². The molecule has 1 aromatic heterocycles. The van der Waals surface area contributed by atoms with E-state index in [-0.39, 0.29) is 11.3 Å². The molecule has 0 aliphatic heterocycles. The maximum Gasteiger partial charge on any atom is 0.230 e. The average molecular weight is 403 g/mol. The van der Waals surface area contributed by atoms with Gasteiger partial charge in [-0.1, -0.05) is 57.5 Å². The highest BCUT2D eigenvalue weighted by molar-refractivity contribution is 7.99. The standard InChI is InChI=1S/C21H30N4O2S/c1-21(2,3)15-9-11-17(12-10-15)27-13-18-23-24-20(25(18)4)28-14-19(26)22-16-7-5-6-8-16/h9-12,16H,5-8,13-14H2,1-4H3,(H,22,26). The Morgan fingerprint density at radius 3 is 2.54 bits per heavy atom. The van der Waals surface area contributed by atoms with Crippen molar-refractivity contribution in [3.05, 3.63) is 35.7 Å². The van der Waals surface area contributed by atoms with Gasteiger partial charge in [-0.25, -0.2) is 0 Å². The summed E-state index contributed by atoms with van der Waals surface area (Å²) in [6, 6.07) is 8.51. The van der Waals surface area contributed by atoms with Crippen LogP contribution in [0.3, 0.4) is 0 Å². The van der Waals surface area contributed by atoms with E-state index < -0.39 is 0 Å². The number of carbonyl (C=O) groups excluding carboxylic acids is 1. The van der Waals surface area contributed by atoms with Crippen molar-refractivity contribution in [2.75, 3.05) is 5.75 Å². The molecule has 0 saturated heterocycles. The molecule has 3 rings (SSSR count). The molecule has 28 heavy (non-hydrogen) atoms. The minimum atomic E-state index is 0.0663. The molecule has 1 amide bonds. The van der Waals surface area contributed by atoms with Gasteiger partial charge < -0.3 is 14.6 Å². The van der Waals surface area contributed by atoms with E-state index in [1.165, 1.54) is 30.2 Å². The fraction of sp³-hybridized carbons (Fsp3) is 0.571. The predicted octanol–water partition coefficient (Wildman–Crippen LogP) is 3.84. The average Bonchev–Trinajstić information content (AvgIpc) is 3.28. The number of nitrogens with zero attached hydrogens (tertiary/aromatic N) is 3. The van der Waals surface area contributed by atoms with Crippen LogP contribution in [0.4, 0.5) is 0 Å². The van der Waals surface area contributed by atoms with Crippen LogP contribution in [0.2, 0.25) is 0 Å². The summed E-state index contributed by atoms with van der Waals surface area (Å²) < 4.78 is 7.74. The van der Waals surface area contributed by atoms with Crippen LogP contribution < -0.4 is 10.1 Å². The first-order valence-corrected chi connectivity index (χ1v) is 10.9. The first-order valence-electron chi connectivity index (χ1n) is 9.87. The fourth-order valence-corrected chi connectivity index (χ4v) is 4.01. The summed E-state index contributed by atoms with van der Waals surface area (Å²) in [7, 11) is 1.90. The lowest BCUT2D eigenvalue weighted by atomic mass is 9.87. The van der Waals surface area contributed by atoms with Gasteiger partial charge in [-0.2, -0.15) is 0 Å². The molecule has 2 aromatic rings. The van der Waals surface area contributed by atoms with Gasteiger partial charge in [-0.3, -0.25) is 4.79 Å². The van der Waals surface area contributed by atoms with Crippen LogP contribution in [0.1, 0.15) is 57.8 Å². The highest BCUT2D eigenvalue weighted by Crippen LogP contribution is 2.25. The number of thioether (sulfide) groups is 1. The maximum atomic E-state index is 12.1. The predicted molar refractivity (Wildman–Crippen MR) is 112 cm³/mol. The summed E-state index contributed by atoms with van der Waals surface area (Å²) in [6.07, 6.45) is 4.62. The molecule has 1 aliphatic rings. The second-order valence-electron chi connectivity index (χ2n) is 8.36. The van der Waals surface area contributed by atoms with Gasteiger partial charge in [0.25, 0.3) is 0 Å². The topological polar surface area (TPSA) is 69.0 Å². The van der Waals surface area contributed by atoms with Crippen LogP contribution in [-0.4, -0.2) is 32.5 Å². The number of aromatic nitrogens is 3. The van der Waals surface area contributed by atoms with Gasteiger partial charge in [-0.15, -0.1) is 10.2 Å². The summed E-state index contributed by atoms with van der Waals surface area (Å²) in [6.45, 7) is 6.91. The van der Waals surface area contributed by atoms with Crippen LogP contribution >= 0.6 is 11.8 Å². The van der Waals surface area contributed by atoms with Gasteiger partial charge in [0, 0.05) is 13.1 Å². The first kappa shape index (κ1) is 20.7. The summed E-state index contributed by atoms with van der Waals surface area (Å²) >= 11 is 1.41. The van der Waals surface area contributed by atoms with Crippen LogP contribution in [0, 0.1) is 0 Å². The Morgan fingerprint density at radius 2 is 1.89 bits per heavy atom. The van der Waals surface area contributed by atoms with Crippen molar-refractivity contribution in [2.45, 2.75) is 69.7 Å². The van der Waals surface area contributed by atoms with Crippen LogP contribution in [0.25, 0.3) is 0 Å². The summed E-state index contributed by atoms with van der Waals surface area (Å²) in [4.78, 5) is 12.1. The molecule has 0 unspecified atom stereocenters. The van der Waals surface area contributed by atoms with Crippen molar-refractivity contribution in [2.24, 2.45) is 7.05 Å². The summed E-state index contributed by atoms with van der Waals surface area (Å²) in [5.41, 5.74) is 1.39. The molecule has 0 radical (unpaired) electrons. The number of benzene rings is 1. The van der Waals surface area contributed by atoms with E-state index in [4.69, 9.17) is 4.74 Å². The third-order valence-electron chi connectivity index (χ3n) is 5.07. The number of carbonyl (C=O) groups is 1. The third-order valence-corrected chi connectivity index (χ3v) is 6.09. The molecule has 1 fully saturated rings. The first-order chi connectivity index (χ1) is 13.3. The Kier molecular flexibility index (Phi) is 6.65.